The second kappa shape index (κ2) is 4.10. The van der Waals surface area contributed by atoms with E-state index in [9.17, 15) is 10.0 Å². The van der Waals surface area contributed by atoms with Crippen LogP contribution in [0.15, 0.2) is 40.9 Å². The van der Waals surface area contributed by atoms with Crippen LogP contribution in [0.2, 0.25) is 0 Å². The monoisotopic (exact) mass is 306 g/mol. The van der Waals surface area contributed by atoms with Crippen molar-refractivity contribution in [1.29, 1.82) is 0 Å². The highest BCUT2D eigenvalue weighted by Crippen LogP contribution is 2.34. The third-order valence-corrected chi connectivity index (χ3v) is 4.44. The van der Waals surface area contributed by atoms with E-state index in [0.717, 1.165) is 24.6 Å². The van der Waals surface area contributed by atoms with Gasteiger partial charge < -0.3 is 10.0 Å². The number of thiophene rings is 1. The van der Waals surface area contributed by atoms with Gasteiger partial charge in [-0.05, 0) is 18.2 Å². The molecule has 0 atom stereocenters. The number of fused-ring (bicyclic) bond motifs is 3. The molecule has 0 unspecified atom stereocenters. The van der Waals surface area contributed by atoms with Gasteiger partial charge in [-0.3, -0.25) is 0 Å². The highest BCUT2D eigenvalue weighted by molar-refractivity contribution is 9.10. The average Bonchev–Trinajstić information content (AvgIpc) is 2.66. The molecule has 0 radical (unpaired) electrons. The Morgan fingerprint density at radius 2 is 1.82 bits per heavy atom. The third kappa shape index (κ3) is 1.79. The SMILES string of the molecule is OB(O)c1cc(Br)cc2c1sc1ccccc12. The van der Waals surface area contributed by atoms with E-state index >= 15 is 0 Å². The van der Waals surface area contributed by atoms with Gasteiger partial charge in [-0.15, -0.1) is 11.3 Å². The fourth-order valence-electron chi connectivity index (χ4n) is 2.01. The molecule has 0 bridgehead atoms. The molecule has 0 aliphatic heterocycles. The summed E-state index contributed by atoms with van der Waals surface area (Å²) in [7, 11) is -1.44. The van der Waals surface area contributed by atoms with Gasteiger partial charge in [0.1, 0.15) is 0 Å². The molecule has 0 amide bonds. The molecule has 0 fully saturated rings. The molecule has 17 heavy (non-hydrogen) atoms. The Balaban J connectivity index is 2.51. The first kappa shape index (κ1) is 11.2. The second-order valence-corrected chi connectivity index (χ2v) is 5.81. The molecule has 3 rings (SSSR count). The number of halogens is 1. The lowest BCUT2D eigenvalue weighted by Crippen LogP contribution is -2.29. The molecule has 3 aromatic rings. The Labute approximate surface area is 111 Å². The minimum absolute atomic E-state index is 0.551. The van der Waals surface area contributed by atoms with Crippen LogP contribution in [-0.4, -0.2) is 17.2 Å². The van der Waals surface area contributed by atoms with E-state index in [2.05, 4.69) is 15.9 Å². The van der Waals surface area contributed by atoms with Gasteiger partial charge in [-0.25, -0.2) is 0 Å². The molecule has 2 N–H and O–H groups in total. The third-order valence-electron chi connectivity index (χ3n) is 2.75. The predicted octanol–water partition coefficient (Wildman–Crippen LogP) is 2.50. The molecule has 2 aromatic carbocycles. The highest BCUT2D eigenvalue weighted by atomic mass is 79.9. The zero-order valence-corrected chi connectivity index (χ0v) is 11.1. The van der Waals surface area contributed by atoms with E-state index in [1.54, 1.807) is 17.4 Å². The molecule has 1 heterocycles. The van der Waals surface area contributed by atoms with Crippen LogP contribution in [0.25, 0.3) is 20.2 Å². The Hall–Kier alpha value is -0.875. The van der Waals surface area contributed by atoms with Crippen molar-refractivity contribution < 1.29 is 10.0 Å². The Morgan fingerprint density at radius 1 is 1.06 bits per heavy atom. The van der Waals surface area contributed by atoms with Gasteiger partial charge >= 0.3 is 7.12 Å². The maximum atomic E-state index is 9.41. The number of hydrogen-bond donors (Lipinski definition) is 2. The average molecular weight is 307 g/mol. The summed E-state index contributed by atoms with van der Waals surface area (Å²) in [5, 5.41) is 21.0. The summed E-state index contributed by atoms with van der Waals surface area (Å²) in [6, 6.07) is 11.8. The fraction of sp³-hybridized carbons (Fsp3) is 0. The van der Waals surface area contributed by atoms with Gasteiger partial charge in [0.05, 0.1) is 0 Å². The van der Waals surface area contributed by atoms with Gasteiger partial charge in [0, 0.05) is 30.1 Å². The normalized spacial score (nSPS) is 11.2. The molecule has 0 aliphatic carbocycles. The predicted molar refractivity (Wildman–Crippen MR) is 76.9 cm³/mol. The highest BCUT2D eigenvalue weighted by Gasteiger charge is 2.18. The van der Waals surface area contributed by atoms with Crippen molar-refractivity contribution in [3.05, 3.63) is 40.9 Å². The largest absolute Gasteiger partial charge is 0.489 e. The molecule has 0 aliphatic rings. The lowest BCUT2D eigenvalue weighted by atomic mass is 9.80. The van der Waals surface area contributed by atoms with Crippen LogP contribution in [0.4, 0.5) is 0 Å². The molecular formula is C12H8BBrO2S. The first-order valence-electron chi connectivity index (χ1n) is 5.13. The Kier molecular flexibility index (Phi) is 2.71. The van der Waals surface area contributed by atoms with Crippen LogP contribution in [0.5, 0.6) is 0 Å². The van der Waals surface area contributed by atoms with E-state index in [0.29, 0.717) is 5.46 Å². The summed E-state index contributed by atoms with van der Waals surface area (Å²) in [6.45, 7) is 0. The standard InChI is InChI=1S/C12H8BBrO2S/c14-7-5-9-8-3-1-2-4-11(8)17-12(9)10(6-7)13(15)16/h1-6,15-16H. The maximum Gasteiger partial charge on any atom is 0.489 e. The minimum Gasteiger partial charge on any atom is -0.423 e. The number of benzene rings is 2. The van der Waals surface area contributed by atoms with Crippen LogP contribution in [0.3, 0.4) is 0 Å². The van der Waals surface area contributed by atoms with Gasteiger partial charge in [-0.1, -0.05) is 34.1 Å². The quantitative estimate of drug-likeness (QED) is 0.678. The minimum atomic E-state index is -1.44. The lowest BCUT2D eigenvalue weighted by Gasteiger charge is -2.02. The van der Waals surface area contributed by atoms with Crippen LogP contribution in [0, 0.1) is 0 Å². The smallest absolute Gasteiger partial charge is 0.423 e. The van der Waals surface area contributed by atoms with Gasteiger partial charge in [0.2, 0.25) is 0 Å². The van der Waals surface area contributed by atoms with E-state index in [4.69, 9.17) is 0 Å². The molecule has 84 valence electrons. The van der Waals surface area contributed by atoms with Crippen molar-refractivity contribution in [3.8, 4) is 0 Å². The Bertz CT molecular complexity index is 708. The van der Waals surface area contributed by atoms with Crippen LogP contribution in [-0.2, 0) is 0 Å². The topological polar surface area (TPSA) is 40.5 Å². The Morgan fingerprint density at radius 3 is 2.59 bits per heavy atom. The number of rotatable bonds is 1. The van der Waals surface area contributed by atoms with Gasteiger partial charge in [0.25, 0.3) is 0 Å². The van der Waals surface area contributed by atoms with E-state index in [1.165, 1.54) is 0 Å². The summed E-state index contributed by atoms with van der Waals surface area (Å²) < 4.78 is 2.95. The maximum absolute atomic E-state index is 9.41. The van der Waals surface area contributed by atoms with Crippen LogP contribution < -0.4 is 5.46 Å². The summed E-state index contributed by atoms with van der Waals surface area (Å²) in [5.41, 5.74) is 0.551. The lowest BCUT2D eigenvalue weighted by molar-refractivity contribution is 0.426. The zero-order valence-electron chi connectivity index (χ0n) is 8.72. The van der Waals surface area contributed by atoms with Crippen molar-refractivity contribution >= 4 is 60.0 Å². The van der Waals surface area contributed by atoms with Crippen molar-refractivity contribution in [3.63, 3.8) is 0 Å². The van der Waals surface area contributed by atoms with Crippen LogP contribution >= 0.6 is 27.3 Å². The van der Waals surface area contributed by atoms with Crippen molar-refractivity contribution in [1.82, 2.24) is 0 Å². The fourth-order valence-corrected chi connectivity index (χ4v) is 3.70. The van der Waals surface area contributed by atoms with E-state index in [-0.39, 0.29) is 0 Å². The molecular weight excluding hydrogens is 299 g/mol. The summed E-state index contributed by atoms with van der Waals surface area (Å²) >= 11 is 4.99. The molecule has 0 saturated heterocycles. The van der Waals surface area contributed by atoms with Gasteiger partial charge in [-0.2, -0.15) is 0 Å². The first-order valence-corrected chi connectivity index (χ1v) is 6.74. The molecule has 0 saturated carbocycles. The van der Waals surface area contributed by atoms with Gasteiger partial charge in [0.15, 0.2) is 0 Å². The summed E-state index contributed by atoms with van der Waals surface area (Å²) in [4.78, 5) is 0. The molecule has 0 spiro atoms. The van der Waals surface area contributed by atoms with Crippen LogP contribution in [0.1, 0.15) is 0 Å². The first-order chi connectivity index (χ1) is 8.16. The molecule has 1 aromatic heterocycles. The summed E-state index contributed by atoms with van der Waals surface area (Å²) in [6.07, 6.45) is 0. The zero-order chi connectivity index (χ0) is 12.0. The van der Waals surface area contributed by atoms with Crippen molar-refractivity contribution in [2.45, 2.75) is 0 Å². The van der Waals surface area contributed by atoms with Crippen molar-refractivity contribution in [2.75, 3.05) is 0 Å². The van der Waals surface area contributed by atoms with Crippen molar-refractivity contribution in [2.24, 2.45) is 0 Å². The second-order valence-electron chi connectivity index (χ2n) is 3.84. The number of hydrogen-bond acceptors (Lipinski definition) is 3. The van der Waals surface area contributed by atoms with E-state index < -0.39 is 7.12 Å². The molecule has 2 nitrogen and oxygen atoms in total. The van der Waals surface area contributed by atoms with E-state index in [1.807, 2.05) is 30.3 Å². The summed E-state index contributed by atoms with van der Waals surface area (Å²) in [5.74, 6) is 0. The molecule has 5 heteroatoms.